The van der Waals surface area contributed by atoms with Crippen LogP contribution in [-0.2, 0) is 16.6 Å². The fourth-order valence-electron chi connectivity index (χ4n) is 2.16. The monoisotopic (exact) mass is 289 g/mol. The predicted molar refractivity (Wildman–Crippen MR) is 88.5 cm³/mol. The summed E-state index contributed by atoms with van der Waals surface area (Å²) in [5.41, 5.74) is 7.96. The highest BCUT2D eigenvalue weighted by Gasteiger charge is 2.15. The molecule has 0 radical (unpaired) electrons. The summed E-state index contributed by atoms with van der Waals surface area (Å²) in [4.78, 5) is 18.8. The van der Waals surface area contributed by atoms with Gasteiger partial charge in [0.1, 0.15) is 12.1 Å². The third-order valence-electron chi connectivity index (χ3n) is 3.57. The van der Waals surface area contributed by atoms with E-state index in [0.29, 0.717) is 6.42 Å². The molecule has 0 aliphatic heterocycles. The zero-order valence-corrected chi connectivity index (χ0v) is 13.7. The molecule has 2 rings (SSSR count). The van der Waals surface area contributed by atoms with Crippen molar-refractivity contribution >= 4 is 17.3 Å². The molecule has 4 nitrogen and oxygen atoms in total. The van der Waals surface area contributed by atoms with Crippen LogP contribution in [0.15, 0.2) is 18.2 Å². The molecule has 4 heteroatoms. The number of carbonyl (C=O) groups is 1. The predicted octanol–water partition coefficient (Wildman–Crippen LogP) is 3.20. The van der Waals surface area contributed by atoms with Gasteiger partial charge in [0.15, 0.2) is 0 Å². The minimum absolute atomic E-state index is 0.0580. The average Bonchev–Trinajstić information content (AvgIpc) is 2.87. The molecule has 21 heavy (non-hydrogen) atoms. The number of aldehydes is 1. The Kier molecular flexibility index (Phi) is 6.09. The van der Waals surface area contributed by atoms with E-state index in [1.165, 1.54) is 12.6 Å². The number of nitrogens with one attached hydrogen (secondary N) is 1. The van der Waals surface area contributed by atoms with Gasteiger partial charge in [0, 0.05) is 12.3 Å². The maximum atomic E-state index is 10.9. The maximum Gasteiger partial charge on any atom is 0.123 e. The van der Waals surface area contributed by atoms with Crippen LogP contribution in [0.25, 0.3) is 11.0 Å². The number of hydrogen-bond donors (Lipinski definition) is 2. The maximum absolute atomic E-state index is 10.9. The highest BCUT2D eigenvalue weighted by atomic mass is 16.1. The van der Waals surface area contributed by atoms with Crippen molar-refractivity contribution in [2.24, 2.45) is 11.7 Å². The molecule has 1 aromatic carbocycles. The lowest BCUT2D eigenvalue weighted by Gasteiger charge is -2.18. The fourth-order valence-corrected chi connectivity index (χ4v) is 2.16. The lowest BCUT2D eigenvalue weighted by Crippen LogP contribution is -2.10. The van der Waals surface area contributed by atoms with E-state index < -0.39 is 0 Å². The molecule has 1 heterocycles. The molecule has 2 aromatic rings. The molecule has 1 aromatic heterocycles. The molecule has 0 aliphatic rings. The second kappa shape index (κ2) is 7.36. The number of nitrogens with zero attached hydrogens (tertiary/aromatic N) is 1. The van der Waals surface area contributed by atoms with Gasteiger partial charge in [-0.2, -0.15) is 0 Å². The molecule has 1 unspecified atom stereocenters. The summed E-state index contributed by atoms with van der Waals surface area (Å²) < 4.78 is 0. The van der Waals surface area contributed by atoms with Crippen molar-refractivity contribution in [1.29, 1.82) is 0 Å². The van der Waals surface area contributed by atoms with Crippen molar-refractivity contribution < 1.29 is 4.79 Å². The number of H-pyrrole nitrogens is 1. The molecule has 0 amide bonds. The first-order valence-corrected chi connectivity index (χ1v) is 7.46. The van der Waals surface area contributed by atoms with Gasteiger partial charge in [-0.25, -0.2) is 4.98 Å². The van der Waals surface area contributed by atoms with Crippen LogP contribution in [0.5, 0.6) is 0 Å². The Hall–Kier alpha value is -1.68. The summed E-state index contributed by atoms with van der Waals surface area (Å²) >= 11 is 0. The van der Waals surface area contributed by atoms with Crippen LogP contribution in [0.3, 0.4) is 0 Å². The van der Waals surface area contributed by atoms with Crippen LogP contribution in [0, 0.1) is 5.92 Å². The summed E-state index contributed by atoms with van der Waals surface area (Å²) in [5, 5.41) is 0. The van der Waals surface area contributed by atoms with E-state index in [1.807, 2.05) is 6.92 Å². The number of imidazole rings is 1. The quantitative estimate of drug-likeness (QED) is 0.849. The number of aromatic nitrogens is 2. The summed E-state index contributed by atoms with van der Waals surface area (Å²) in [5.74, 6) is 0.961. The molecular weight excluding hydrogens is 262 g/mol. The first kappa shape index (κ1) is 17.4. The fraction of sp³-hybridized carbons (Fsp3) is 0.529. The molecule has 0 fully saturated rings. The van der Waals surface area contributed by atoms with Gasteiger partial charge in [-0.1, -0.05) is 33.8 Å². The summed E-state index contributed by atoms with van der Waals surface area (Å²) in [6.45, 7) is 8.63. The SMILES string of the molecule is CCC(C=O)Cc1nc2ccc(C(C)(C)C)cc2[nH]1.CN. The van der Waals surface area contributed by atoms with Crippen LogP contribution >= 0.6 is 0 Å². The Morgan fingerprint density at radius 3 is 2.52 bits per heavy atom. The Labute approximate surface area is 127 Å². The Balaban J connectivity index is 0.00000106. The highest BCUT2D eigenvalue weighted by Crippen LogP contribution is 2.25. The normalized spacial score (nSPS) is 12.7. The molecule has 1 atom stereocenters. The summed E-state index contributed by atoms with van der Waals surface area (Å²) in [6, 6.07) is 6.34. The van der Waals surface area contributed by atoms with Crippen molar-refractivity contribution in [2.75, 3.05) is 7.05 Å². The zero-order valence-electron chi connectivity index (χ0n) is 13.7. The van der Waals surface area contributed by atoms with Crippen molar-refractivity contribution in [1.82, 2.24) is 9.97 Å². The minimum atomic E-state index is 0.0580. The van der Waals surface area contributed by atoms with E-state index in [2.05, 4.69) is 54.7 Å². The highest BCUT2D eigenvalue weighted by molar-refractivity contribution is 5.76. The van der Waals surface area contributed by atoms with Gasteiger partial charge in [0.25, 0.3) is 0 Å². The summed E-state index contributed by atoms with van der Waals surface area (Å²) in [6.07, 6.45) is 2.57. The van der Waals surface area contributed by atoms with Crippen LogP contribution in [0.1, 0.15) is 45.5 Å². The van der Waals surface area contributed by atoms with E-state index >= 15 is 0 Å². The van der Waals surface area contributed by atoms with E-state index in [1.54, 1.807) is 0 Å². The molecule has 0 bridgehead atoms. The van der Waals surface area contributed by atoms with Gasteiger partial charge in [0.05, 0.1) is 11.0 Å². The standard InChI is InChI=1S/C16H22N2O.CH5N/c1-5-11(10-19)8-15-17-13-7-6-12(16(2,3)4)9-14(13)18-15;1-2/h6-7,9-11H,5,8H2,1-4H3,(H,17,18);2H2,1H3. The van der Waals surface area contributed by atoms with Gasteiger partial charge >= 0.3 is 0 Å². The smallest absolute Gasteiger partial charge is 0.123 e. The number of aromatic amines is 1. The first-order valence-electron chi connectivity index (χ1n) is 7.46. The number of benzene rings is 1. The number of rotatable bonds is 4. The van der Waals surface area contributed by atoms with Gasteiger partial charge in [-0.05, 0) is 36.6 Å². The Bertz CT molecular complexity index is 581. The van der Waals surface area contributed by atoms with Crippen molar-refractivity contribution in [2.45, 2.75) is 46.0 Å². The number of nitrogens with two attached hydrogens (primary N) is 1. The molecular formula is C17H27N3O. The Morgan fingerprint density at radius 1 is 1.33 bits per heavy atom. The van der Waals surface area contributed by atoms with Crippen LogP contribution in [0.2, 0.25) is 0 Å². The van der Waals surface area contributed by atoms with Crippen LogP contribution in [0.4, 0.5) is 0 Å². The van der Waals surface area contributed by atoms with Crippen LogP contribution < -0.4 is 5.73 Å². The summed E-state index contributed by atoms with van der Waals surface area (Å²) in [7, 11) is 1.50. The molecule has 116 valence electrons. The molecule has 0 saturated heterocycles. The molecule has 0 saturated carbocycles. The number of carbonyl (C=O) groups excluding carboxylic acids is 1. The Morgan fingerprint density at radius 2 is 2.00 bits per heavy atom. The van der Waals surface area contributed by atoms with E-state index in [4.69, 9.17) is 0 Å². The largest absolute Gasteiger partial charge is 0.342 e. The van der Waals surface area contributed by atoms with E-state index in [9.17, 15) is 4.79 Å². The van der Waals surface area contributed by atoms with Gasteiger partial charge < -0.3 is 15.5 Å². The molecule has 0 spiro atoms. The van der Waals surface area contributed by atoms with Crippen LogP contribution in [-0.4, -0.2) is 23.3 Å². The minimum Gasteiger partial charge on any atom is -0.342 e. The average molecular weight is 289 g/mol. The van der Waals surface area contributed by atoms with Gasteiger partial charge in [-0.3, -0.25) is 0 Å². The molecule has 3 N–H and O–H groups in total. The van der Waals surface area contributed by atoms with Gasteiger partial charge in [-0.15, -0.1) is 0 Å². The van der Waals surface area contributed by atoms with E-state index in [-0.39, 0.29) is 11.3 Å². The molecule has 0 aliphatic carbocycles. The van der Waals surface area contributed by atoms with E-state index in [0.717, 1.165) is 29.6 Å². The third-order valence-corrected chi connectivity index (χ3v) is 3.57. The third kappa shape index (κ3) is 4.39. The lowest BCUT2D eigenvalue weighted by atomic mass is 9.87. The second-order valence-electron chi connectivity index (χ2n) is 6.17. The number of hydrogen-bond acceptors (Lipinski definition) is 3. The van der Waals surface area contributed by atoms with Crippen molar-refractivity contribution in [3.8, 4) is 0 Å². The zero-order chi connectivity index (χ0) is 16.0. The second-order valence-corrected chi connectivity index (χ2v) is 6.17. The van der Waals surface area contributed by atoms with Crippen molar-refractivity contribution in [3.05, 3.63) is 29.6 Å². The first-order chi connectivity index (χ1) is 9.94. The topological polar surface area (TPSA) is 71.8 Å². The van der Waals surface area contributed by atoms with Gasteiger partial charge in [0.2, 0.25) is 0 Å². The number of fused-ring (bicyclic) bond motifs is 1. The lowest BCUT2D eigenvalue weighted by molar-refractivity contribution is -0.111. The van der Waals surface area contributed by atoms with Crippen molar-refractivity contribution in [3.63, 3.8) is 0 Å².